The summed E-state index contributed by atoms with van der Waals surface area (Å²) in [4.78, 5) is 16.7. The average molecular weight is 354 g/mol. The van der Waals surface area contributed by atoms with E-state index in [1.165, 1.54) is 0 Å². The Morgan fingerprint density at radius 3 is 2.46 bits per heavy atom. The van der Waals surface area contributed by atoms with Crippen LogP contribution in [0.1, 0.15) is 17.0 Å². The van der Waals surface area contributed by atoms with E-state index in [9.17, 15) is 4.79 Å². The number of hydrogen-bond donors (Lipinski definition) is 0. The van der Waals surface area contributed by atoms with Gasteiger partial charge in [0.2, 0.25) is 5.91 Å². The van der Waals surface area contributed by atoms with Crippen molar-refractivity contribution >= 4 is 17.7 Å². The lowest BCUT2D eigenvalue weighted by atomic mass is 10.1. The molecule has 1 saturated heterocycles. The zero-order valence-corrected chi connectivity index (χ0v) is 15.9. The molecule has 1 amide bonds. The Morgan fingerprint density at radius 1 is 1.15 bits per heavy atom. The van der Waals surface area contributed by atoms with Crippen LogP contribution >= 0.6 is 0 Å². The summed E-state index contributed by atoms with van der Waals surface area (Å²) in [5.74, 6) is 0.919. The predicted octanol–water partition coefficient (Wildman–Crippen LogP) is 2.41. The van der Waals surface area contributed by atoms with Gasteiger partial charge in [-0.3, -0.25) is 9.48 Å². The van der Waals surface area contributed by atoms with Gasteiger partial charge in [-0.1, -0.05) is 12.1 Å². The van der Waals surface area contributed by atoms with Crippen LogP contribution in [0.5, 0.6) is 5.75 Å². The van der Waals surface area contributed by atoms with E-state index in [4.69, 9.17) is 4.74 Å². The summed E-state index contributed by atoms with van der Waals surface area (Å²) in [5.41, 5.74) is 4.11. The largest absolute Gasteiger partial charge is 0.495 e. The van der Waals surface area contributed by atoms with Crippen LogP contribution < -0.4 is 9.64 Å². The van der Waals surface area contributed by atoms with Crippen LogP contribution in [0.15, 0.2) is 30.3 Å². The molecule has 138 valence electrons. The van der Waals surface area contributed by atoms with E-state index in [1.54, 1.807) is 13.2 Å². The van der Waals surface area contributed by atoms with E-state index in [-0.39, 0.29) is 5.91 Å². The minimum atomic E-state index is 0.0485. The number of benzene rings is 1. The van der Waals surface area contributed by atoms with Crippen molar-refractivity contribution in [3.05, 3.63) is 47.3 Å². The maximum Gasteiger partial charge on any atom is 0.246 e. The highest BCUT2D eigenvalue weighted by Gasteiger charge is 2.21. The number of anilines is 1. The minimum Gasteiger partial charge on any atom is -0.495 e. The number of hydrogen-bond acceptors (Lipinski definition) is 4. The maximum atomic E-state index is 12.5. The van der Waals surface area contributed by atoms with Crippen LogP contribution in [0, 0.1) is 13.8 Å². The minimum absolute atomic E-state index is 0.0485. The van der Waals surface area contributed by atoms with E-state index >= 15 is 0 Å². The molecule has 2 aromatic rings. The molecule has 1 fully saturated rings. The predicted molar refractivity (Wildman–Crippen MR) is 104 cm³/mol. The molecular formula is C20H26N4O2. The molecule has 6 heteroatoms. The van der Waals surface area contributed by atoms with E-state index in [2.05, 4.69) is 16.1 Å². The van der Waals surface area contributed by atoms with Gasteiger partial charge < -0.3 is 14.5 Å². The molecule has 3 rings (SSSR count). The Hall–Kier alpha value is -2.76. The van der Waals surface area contributed by atoms with Gasteiger partial charge in [-0.15, -0.1) is 0 Å². The van der Waals surface area contributed by atoms with Crippen molar-refractivity contribution in [3.8, 4) is 5.75 Å². The molecule has 0 N–H and O–H groups in total. The van der Waals surface area contributed by atoms with Crippen LogP contribution in [-0.2, 0) is 11.8 Å². The van der Waals surface area contributed by atoms with Crippen LogP contribution in [-0.4, -0.2) is 53.9 Å². The number of ether oxygens (including phenoxy) is 1. The SMILES string of the molecule is COc1ccccc1N1CCN(C(=O)/C=C/c2c(C)nn(C)c2C)CC1. The molecule has 0 atom stereocenters. The molecule has 1 aromatic heterocycles. The lowest BCUT2D eigenvalue weighted by molar-refractivity contribution is -0.126. The number of amides is 1. The van der Waals surface area contributed by atoms with Crippen LogP contribution in [0.4, 0.5) is 5.69 Å². The first-order chi connectivity index (χ1) is 12.5. The summed E-state index contributed by atoms with van der Waals surface area (Å²) < 4.78 is 7.28. The van der Waals surface area contributed by atoms with Crippen molar-refractivity contribution in [1.82, 2.24) is 14.7 Å². The summed E-state index contributed by atoms with van der Waals surface area (Å²) in [6, 6.07) is 8.00. The summed E-state index contributed by atoms with van der Waals surface area (Å²) in [5, 5.41) is 4.38. The zero-order chi connectivity index (χ0) is 18.7. The fourth-order valence-corrected chi connectivity index (χ4v) is 3.35. The van der Waals surface area contributed by atoms with Crippen LogP contribution in [0.3, 0.4) is 0 Å². The van der Waals surface area contributed by atoms with Crippen molar-refractivity contribution in [2.75, 3.05) is 38.2 Å². The molecule has 2 heterocycles. The third-order valence-corrected chi connectivity index (χ3v) is 4.97. The lowest BCUT2D eigenvalue weighted by Gasteiger charge is -2.36. The summed E-state index contributed by atoms with van der Waals surface area (Å²) in [7, 11) is 3.60. The number of aryl methyl sites for hydroxylation is 2. The van der Waals surface area contributed by atoms with Gasteiger partial charge in [0.25, 0.3) is 0 Å². The first-order valence-electron chi connectivity index (χ1n) is 8.86. The van der Waals surface area contributed by atoms with Gasteiger partial charge in [-0.25, -0.2) is 0 Å². The van der Waals surface area contributed by atoms with Gasteiger partial charge in [-0.2, -0.15) is 5.10 Å². The van der Waals surface area contributed by atoms with Gasteiger partial charge in [0.15, 0.2) is 0 Å². The second kappa shape index (κ2) is 7.64. The van der Waals surface area contributed by atoms with E-state index in [0.29, 0.717) is 13.1 Å². The van der Waals surface area contributed by atoms with Crippen LogP contribution in [0.25, 0.3) is 6.08 Å². The average Bonchev–Trinajstić information content (AvgIpc) is 2.91. The lowest BCUT2D eigenvalue weighted by Crippen LogP contribution is -2.48. The van der Waals surface area contributed by atoms with Crippen molar-refractivity contribution in [1.29, 1.82) is 0 Å². The van der Waals surface area contributed by atoms with E-state index in [0.717, 1.165) is 41.5 Å². The highest BCUT2D eigenvalue weighted by atomic mass is 16.5. The molecule has 0 unspecified atom stereocenters. The molecule has 6 nitrogen and oxygen atoms in total. The number of methoxy groups -OCH3 is 1. The Bertz CT molecular complexity index is 817. The molecule has 0 radical (unpaired) electrons. The Balaban J connectivity index is 1.62. The molecule has 0 spiro atoms. The fraction of sp³-hybridized carbons (Fsp3) is 0.400. The Labute approximate surface area is 154 Å². The molecule has 1 aromatic carbocycles. The molecule has 1 aliphatic heterocycles. The number of aromatic nitrogens is 2. The van der Waals surface area contributed by atoms with Crippen molar-refractivity contribution in [2.45, 2.75) is 13.8 Å². The van der Waals surface area contributed by atoms with Gasteiger partial charge in [-0.05, 0) is 32.1 Å². The molecule has 0 aliphatic carbocycles. The number of carbonyl (C=O) groups excluding carboxylic acids is 1. The third-order valence-electron chi connectivity index (χ3n) is 4.97. The summed E-state index contributed by atoms with van der Waals surface area (Å²) in [6.07, 6.45) is 3.54. The first kappa shape index (κ1) is 18.0. The van der Waals surface area contributed by atoms with Crippen LogP contribution in [0.2, 0.25) is 0 Å². The smallest absolute Gasteiger partial charge is 0.246 e. The number of para-hydroxylation sites is 2. The zero-order valence-electron chi connectivity index (χ0n) is 15.9. The van der Waals surface area contributed by atoms with E-state index in [1.807, 2.05) is 54.8 Å². The number of nitrogens with zero attached hydrogens (tertiary/aromatic N) is 4. The quantitative estimate of drug-likeness (QED) is 0.791. The van der Waals surface area contributed by atoms with Gasteiger partial charge in [0.1, 0.15) is 5.75 Å². The van der Waals surface area contributed by atoms with Gasteiger partial charge in [0, 0.05) is 50.6 Å². The standard InChI is InChI=1S/C20H26N4O2/c1-15-17(16(2)22(3)21-15)9-10-20(25)24-13-11-23(12-14-24)18-7-5-6-8-19(18)26-4/h5-10H,11-14H2,1-4H3/b10-9+. The molecular weight excluding hydrogens is 328 g/mol. The van der Waals surface area contributed by atoms with Gasteiger partial charge >= 0.3 is 0 Å². The second-order valence-electron chi connectivity index (χ2n) is 6.53. The highest BCUT2D eigenvalue weighted by Crippen LogP contribution is 2.28. The van der Waals surface area contributed by atoms with Gasteiger partial charge in [0.05, 0.1) is 18.5 Å². The topological polar surface area (TPSA) is 50.6 Å². The molecule has 26 heavy (non-hydrogen) atoms. The van der Waals surface area contributed by atoms with Crippen molar-refractivity contribution in [2.24, 2.45) is 7.05 Å². The fourth-order valence-electron chi connectivity index (χ4n) is 3.35. The normalized spacial score (nSPS) is 14.9. The van der Waals surface area contributed by atoms with Crippen molar-refractivity contribution < 1.29 is 9.53 Å². The highest BCUT2D eigenvalue weighted by molar-refractivity contribution is 5.92. The summed E-state index contributed by atoms with van der Waals surface area (Å²) in [6.45, 7) is 6.97. The first-order valence-corrected chi connectivity index (χ1v) is 8.86. The van der Waals surface area contributed by atoms with Crippen molar-refractivity contribution in [3.63, 3.8) is 0 Å². The second-order valence-corrected chi connectivity index (χ2v) is 6.53. The molecule has 0 bridgehead atoms. The third kappa shape index (κ3) is 3.59. The van der Waals surface area contributed by atoms with E-state index < -0.39 is 0 Å². The molecule has 0 saturated carbocycles. The number of piperazine rings is 1. The monoisotopic (exact) mass is 354 g/mol. The Kier molecular flexibility index (Phi) is 5.30. The number of carbonyl (C=O) groups is 1. The molecule has 1 aliphatic rings. The maximum absolute atomic E-state index is 12.5. The number of rotatable bonds is 4. The Morgan fingerprint density at radius 2 is 1.85 bits per heavy atom. The summed E-state index contributed by atoms with van der Waals surface area (Å²) >= 11 is 0.